The molecule has 0 spiro atoms. The smallest absolute Gasteiger partial charge is 0.338 e. The van der Waals surface area contributed by atoms with E-state index in [1.165, 1.54) is 26.0 Å². The first-order valence-corrected chi connectivity index (χ1v) is 20.5. The maximum absolute atomic E-state index is 15.5. The van der Waals surface area contributed by atoms with Gasteiger partial charge < -0.3 is 44.3 Å². The lowest BCUT2D eigenvalue weighted by atomic mass is 9.44. The number of Topliss-reactive ketones (excluding diaryl/α,β-unsaturated/α-hetero) is 1. The van der Waals surface area contributed by atoms with Crippen molar-refractivity contribution in [3.05, 3.63) is 119 Å². The van der Waals surface area contributed by atoms with Crippen LogP contribution in [0.1, 0.15) is 86.7 Å². The van der Waals surface area contributed by atoms with Crippen molar-refractivity contribution in [2.24, 2.45) is 16.7 Å². The first kappa shape index (κ1) is 44.3. The summed E-state index contributed by atoms with van der Waals surface area (Å²) in [5.74, 6) is -6.84. The molecule has 4 N–H and O–H groups in total. The Kier molecular flexibility index (Phi) is 11.8. The molecule has 3 aromatic carbocycles. The predicted octanol–water partition coefficient (Wildman–Crippen LogP) is 3.74. The molecule has 7 rings (SSSR count). The lowest BCUT2D eigenvalue weighted by Crippen LogP contribution is -2.82. The number of benzene rings is 3. The predicted molar refractivity (Wildman–Crippen MR) is 218 cm³/mol. The minimum Gasteiger partial charge on any atom is -0.456 e. The normalized spacial score (nSPS) is 31.9. The SMILES string of the molecule is CC(=O)O[C@H]1C(=O)[C@@]2(C)C([C@H](OC(=O)c3ccccc3)C3(O)C[C@H](OC(=O)[C@H](O)[C@@H](NC(=O)c4ccccc4)c4ccccc4)C(C)=C1C3(C)C)[C@]1(OC(C)=O)COC1C[C@@H]2O. The van der Waals surface area contributed by atoms with E-state index in [2.05, 4.69) is 5.32 Å². The Hall–Kier alpha value is -5.74. The summed E-state index contributed by atoms with van der Waals surface area (Å²) in [7, 11) is 0. The quantitative estimate of drug-likeness (QED) is 0.130. The number of ether oxygens (including phenoxy) is 5. The number of aliphatic hydroxyl groups excluding tert-OH is 2. The molecule has 11 atom stereocenters. The van der Waals surface area contributed by atoms with Crippen molar-refractivity contribution in [1.82, 2.24) is 5.32 Å². The molecule has 1 amide bonds. The van der Waals surface area contributed by atoms with Crippen molar-refractivity contribution >= 4 is 35.6 Å². The molecular formula is C47H51NO14. The van der Waals surface area contributed by atoms with Crippen molar-refractivity contribution in [2.75, 3.05) is 6.61 Å². The van der Waals surface area contributed by atoms with Crippen molar-refractivity contribution < 1.29 is 67.8 Å². The van der Waals surface area contributed by atoms with E-state index in [1.807, 2.05) is 0 Å². The van der Waals surface area contributed by atoms with Crippen LogP contribution in [-0.2, 0) is 42.9 Å². The molecule has 3 aromatic rings. The van der Waals surface area contributed by atoms with Crippen LogP contribution < -0.4 is 5.32 Å². The van der Waals surface area contributed by atoms with Crippen molar-refractivity contribution in [2.45, 2.75) is 108 Å². The number of fused-ring (bicyclic) bond motifs is 5. The van der Waals surface area contributed by atoms with E-state index in [1.54, 1.807) is 92.7 Å². The summed E-state index contributed by atoms with van der Waals surface area (Å²) in [5, 5.41) is 40.2. The largest absolute Gasteiger partial charge is 0.456 e. The molecule has 3 unspecified atom stereocenters. The van der Waals surface area contributed by atoms with Gasteiger partial charge in [0.1, 0.15) is 23.9 Å². The van der Waals surface area contributed by atoms with E-state index in [0.29, 0.717) is 5.56 Å². The van der Waals surface area contributed by atoms with Gasteiger partial charge >= 0.3 is 23.9 Å². The summed E-state index contributed by atoms with van der Waals surface area (Å²) >= 11 is 0. The third kappa shape index (κ3) is 7.29. The average molecular weight is 854 g/mol. The number of ketones is 1. The Bertz CT molecular complexity index is 2280. The number of rotatable bonds is 10. The molecule has 3 aliphatic carbocycles. The zero-order chi connectivity index (χ0) is 44.9. The van der Waals surface area contributed by atoms with Gasteiger partial charge in [-0.25, -0.2) is 9.59 Å². The summed E-state index contributed by atoms with van der Waals surface area (Å²) in [4.78, 5) is 83.5. The highest BCUT2D eigenvalue weighted by Crippen LogP contribution is 2.64. The third-order valence-electron chi connectivity index (χ3n) is 13.5. The number of carbonyl (C=O) groups is 6. The number of amides is 1. The molecule has 2 saturated carbocycles. The second-order valence-electron chi connectivity index (χ2n) is 17.4. The van der Waals surface area contributed by atoms with Crippen molar-refractivity contribution in [3.8, 4) is 0 Å². The Morgan fingerprint density at radius 1 is 0.823 bits per heavy atom. The van der Waals surface area contributed by atoms with Crippen LogP contribution in [0.4, 0.5) is 0 Å². The molecule has 62 heavy (non-hydrogen) atoms. The van der Waals surface area contributed by atoms with Gasteiger partial charge in [-0.05, 0) is 54.8 Å². The summed E-state index contributed by atoms with van der Waals surface area (Å²) < 4.78 is 30.3. The molecule has 1 heterocycles. The molecule has 15 nitrogen and oxygen atoms in total. The van der Waals surface area contributed by atoms with Gasteiger partial charge in [-0.2, -0.15) is 0 Å². The molecule has 0 radical (unpaired) electrons. The van der Waals surface area contributed by atoms with Crippen LogP contribution in [0.5, 0.6) is 0 Å². The number of carbonyl (C=O) groups excluding carboxylic acids is 6. The van der Waals surface area contributed by atoms with E-state index in [4.69, 9.17) is 23.7 Å². The topological polar surface area (TPSA) is 221 Å². The fourth-order valence-corrected chi connectivity index (χ4v) is 10.2. The molecule has 1 saturated heterocycles. The average Bonchev–Trinajstić information content (AvgIpc) is 3.24. The molecule has 0 aromatic heterocycles. The molecule has 15 heteroatoms. The maximum Gasteiger partial charge on any atom is 0.338 e. The first-order chi connectivity index (χ1) is 29.3. The maximum atomic E-state index is 15.5. The van der Waals surface area contributed by atoms with Crippen LogP contribution in [-0.4, -0.2) is 105 Å². The van der Waals surface area contributed by atoms with E-state index in [-0.39, 0.29) is 35.3 Å². The van der Waals surface area contributed by atoms with Crippen LogP contribution in [0, 0.1) is 16.7 Å². The van der Waals surface area contributed by atoms with E-state index in [9.17, 15) is 39.3 Å². The highest BCUT2D eigenvalue weighted by molar-refractivity contribution is 5.96. The fraction of sp³-hybridized carbons (Fsp3) is 0.447. The highest BCUT2D eigenvalue weighted by atomic mass is 16.6. The summed E-state index contributed by atoms with van der Waals surface area (Å²) in [5.41, 5.74) is -7.02. The number of nitrogens with one attached hydrogen (secondary N) is 1. The molecular weight excluding hydrogens is 803 g/mol. The number of aliphatic hydroxyl groups is 3. The Morgan fingerprint density at radius 3 is 1.95 bits per heavy atom. The summed E-state index contributed by atoms with van der Waals surface area (Å²) in [6, 6.07) is 22.9. The monoisotopic (exact) mass is 853 g/mol. The number of hydrogen-bond acceptors (Lipinski definition) is 14. The molecule has 4 aliphatic rings. The van der Waals surface area contributed by atoms with Gasteiger partial charge in [-0.1, -0.05) is 80.6 Å². The molecule has 1 aliphatic heterocycles. The summed E-state index contributed by atoms with van der Waals surface area (Å²) in [6.07, 6.45) is -10.5. The second kappa shape index (κ2) is 16.5. The van der Waals surface area contributed by atoms with E-state index < -0.39 is 113 Å². The summed E-state index contributed by atoms with van der Waals surface area (Å²) in [6.45, 7) is 7.97. The minimum atomic E-state index is -2.39. The van der Waals surface area contributed by atoms with Gasteiger partial charge in [0.25, 0.3) is 5.91 Å². The lowest BCUT2D eigenvalue weighted by molar-refractivity contribution is -0.346. The zero-order valence-electron chi connectivity index (χ0n) is 35.2. The Balaban J connectivity index is 1.39. The minimum absolute atomic E-state index is 0.00289. The van der Waals surface area contributed by atoms with E-state index in [0.717, 1.165) is 13.8 Å². The fourth-order valence-electron chi connectivity index (χ4n) is 10.2. The molecule has 328 valence electrons. The highest BCUT2D eigenvalue weighted by Gasteiger charge is 2.78. The number of hydrogen-bond donors (Lipinski definition) is 4. The van der Waals surface area contributed by atoms with Crippen LogP contribution in [0.2, 0.25) is 0 Å². The van der Waals surface area contributed by atoms with Gasteiger partial charge in [-0.3, -0.25) is 19.2 Å². The molecule has 3 fully saturated rings. The Morgan fingerprint density at radius 2 is 1.40 bits per heavy atom. The molecule has 2 bridgehead atoms. The van der Waals surface area contributed by atoms with Crippen molar-refractivity contribution in [1.29, 1.82) is 0 Å². The van der Waals surface area contributed by atoms with E-state index >= 15 is 4.79 Å². The zero-order valence-corrected chi connectivity index (χ0v) is 35.2. The Labute approximate surface area is 358 Å². The standard InChI is InChI=1S/C47H51NO14/c1-25-31(60-43(56)36(52)35(28-16-10-7-11-17-28)48-41(54)29-18-12-8-13-19-29)23-47(57)40(61-42(55)30-20-14-9-15-21-30)38-45(6,32(51)22-33-46(38,24-58-33)62-27(3)50)39(53)37(59-26(2)49)34(25)44(47,4)5/h7-21,31-33,35-38,40,51-52,57H,22-24H2,1-6H3,(H,48,54)/t31-,32-,33?,35-,36+,37+,38?,40-,45+,46-,47?/m0/s1. The second-order valence-corrected chi connectivity index (χ2v) is 17.4. The van der Waals surface area contributed by atoms with Gasteiger partial charge in [-0.15, -0.1) is 0 Å². The third-order valence-corrected chi connectivity index (χ3v) is 13.5. The van der Waals surface area contributed by atoms with Crippen LogP contribution in [0.3, 0.4) is 0 Å². The van der Waals surface area contributed by atoms with Crippen molar-refractivity contribution in [3.63, 3.8) is 0 Å². The number of esters is 4. The van der Waals surface area contributed by atoms with Crippen LogP contribution in [0.25, 0.3) is 0 Å². The van der Waals surface area contributed by atoms with Crippen LogP contribution in [0.15, 0.2) is 102 Å². The lowest BCUT2D eigenvalue weighted by Gasteiger charge is -2.67. The van der Waals surface area contributed by atoms with Gasteiger partial charge in [0.2, 0.25) is 0 Å². The van der Waals surface area contributed by atoms with Gasteiger partial charge in [0.15, 0.2) is 23.6 Å². The van der Waals surface area contributed by atoms with Gasteiger partial charge in [0.05, 0.1) is 35.6 Å². The van der Waals surface area contributed by atoms with Crippen LogP contribution >= 0.6 is 0 Å². The van der Waals surface area contributed by atoms with Gasteiger partial charge in [0, 0.05) is 37.7 Å². The first-order valence-electron chi connectivity index (χ1n) is 20.5.